The van der Waals surface area contributed by atoms with Crippen molar-refractivity contribution < 1.29 is 19.0 Å². The molecule has 0 fully saturated rings. The summed E-state index contributed by atoms with van der Waals surface area (Å²) in [6.07, 6.45) is -0.327. The van der Waals surface area contributed by atoms with Crippen LogP contribution >= 0.6 is 0 Å². The summed E-state index contributed by atoms with van der Waals surface area (Å²) >= 11 is 0. The zero-order chi connectivity index (χ0) is 14.3. The second-order valence-electron chi connectivity index (χ2n) is 5.71. The summed E-state index contributed by atoms with van der Waals surface area (Å²) in [5.74, 6) is 0. The number of rotatable bonds is 6. The molecule has 5 nitrogen and oxygen atoms in total. The van der Waals surface area contributed by atoms with Crippen molar-refractivity contribution in [3.63, 3.8) is 0 Å². The predicted molar refractivity (Wildman–Crippen MR) is 70.2 cm³/mol. The van der Waals surface area contributed by atoms with Crippen LogP contribution in [0.15, 0.2) is 0 Å². The van der Waals surface area contributed by atoms with E-state index in [1.54, 1.807) is 0 Å². The van der Waals surface area contributed by atoms with Crippen molar-refractivity contribution in [3.05, 3.63) is 0 Å². The average molecular weight is 261 g/mol. The third-order valence-electron chi connectivity index (χ3n) is 1.78. The Bertz CT molecular complexity index is 234. The van der Waals surface area contributed by atoms with Gasteiger partial charge in [0.1, 0.15) is 19.1 Å². The Morgan fingerprint density at radius 1 is 1.00 bits per heavy atom. The van der Waals surface area contributed by atoms with Crippen LogP contribution in [0, 0.1) is 0 Å². The van der Waals surface area contributed by atoms with E-state index >= 15 is 0 Å². The molecule has 0 aliphatic carbocycles. The highest BCUT2D eigenvalue weighted by atomic mass is 16.6. The van der Waals surface area contributed by atoms with Crippen LogP contribution in [0.25, 0.3) is 0 Å². The molecule has 0 radical (unpaired) electrons. The summed E-state index contributed by atoms with van der Waals surface area (Å²) in [4.78, 5) is 13.3. The van der Waals surface area contributed by atoms with Crippen molar-refractivity contribution in [1.82, 2.24) is 4.90 Å². The molecule has 0 saturated carbocycles. The number of amides is 1. The van der Waals surface area contributed by atoms with Crippen molar-refractivity contribution in [1.29, 1.82) is 0 Å². The molecule has 1 amide bonds. The Balaban J connectivity index is 4.39. The van der Waals surface area contributed by atoms with Gasteiger partial charge in [0, 0.05) is 0 Å². The number of carbonyl (C=O) groups is 1. The fourth-order valence-corrected chi connectivity index (χ4v) is 0.947. The lowest BCUT2D eigenvalue weighted by atomic mass is 10.2. The smallest absolute Gasteiger partial charge is 0.413 e. The molecule has 0 atom stereocenters. The Labute approximate surface area is 110 Å². The van der Waals surface area contributed by atoms with Crippen LogP contribution in [-0.2, 0) is 14.2 Å². The molecule has 0 unspecified atom stereocenters. The SMILES string of the molecule is CC(C)OCN(COC(C)C)C(=O)OC(C)(C)C. The van der Waals surface area contributed by atoms with Gasteiger partial charge in [-0.2, -0.15) is 0 Å². The predicted octanol–water partition coefficient (Wildman–Crippen LogP) is 2.99. The summed E-state index contributed by atoms with van der Waals surface area (Å²) in [5.41, 5.74) is -0.523. The van der Waals surface area contributed by atoms with Gasteiger partial charge in [0.05, 0.1) is 12.2 Å². The maximum Gasteiger partial charge on any atom is 0.413 e. The number of nitrogens with zero attached hydrogens (tertiary/aromatic N) is 1. The van der Waals surface area contributed by atoms with E-state index in [4.69, 9.17) is 14.2 Å². The fourth-order valence-electron chi connectivity index (χ4n) is 0.947. The van der Waals surface area contributed by atoms with Crippen LogP contribution in [0.3, 0.4) is 0 Å². The first kappa shape index (κ1) is 17.2. The molecule has 0 rings (SSSR count). The minimum atomic E-state index is -0.523. The minimum absolute atomic E-state index is 0.0500. The average Bonchev–Trinajstić information content (AvgIpc) is 2.13. The van der Waals surface area contributed by atoms with E-state index in [9.17, 15) is 4.79 Å². The van der Waals surface area contributed by atoms with Gasteiger partial charge < -0.3 is 14.2 Å². The second-order valence-corrected chi connectivity index (χ2v) is 5.71. The summed E-state index contributed by atoms with van der Waals surface area (Å²) in [6.45, 7) is 13.5. The first-order valence-electron chi connectivity index (χ1n) is 6.33. The van der Waals surface area contributed by atoms with E-state index in [2.05, 4.69) is 0 Å². The number of hydrogen-bond acceptors (Lipinski definition) is 4. The van der Waals surface area contributed by atoms with E-state index in [0.29, 0.717) is 0 Å². The van der Waals surface area contributed by atoms with E-state index in [-0.39, 0.29) is 25.7 Å². The molecule has 18 heavy (non-hydrogen) atoms. The van der Waals surface area contributed by atoms with E-state index in [1.807, 2.05) is 48.5 Å². The molecule has 0 aliphatic rings. The molecule has 0 aromatic heterocycles. The largest absolute Gasteiger partial charge is 0.444 e. The standard InChI is InChI=1S/C13H27NO4/c1-10(2)16-8-14(9-17-11(3)4)12(15)18-13(5,6)7/h10-11H,8-9H2,1-7H3. The molecule has 0 N–H and O–H groups in total. The highest BCUT2D eigenvalue weighted by Gasteiger charge is 2.22. The van der Waals surface area contributed by atoms with E-state index in [1.165, 1.54) is 4.90 Å². The van der Waals surface area contributed by atoms with Gasteiger partial charge in [-0.25, -0.2) is 4.79 Å². The number of carbonyl (C=O) groups excluding carboxylic acids is 1. The zero-order valence-electron chi connectivity index (χ0n) is 12.6. The van der Waals surface area contributed by atoms with E-state index < -0.39 is 11.7 Å². The molecule has 0 aromatic rings. The molecule has 5 heteroatoms. The second kappa shape index (κ2) is 7.59. The van der Waals surface area contributed by atoms with Gasteiger partial charge in [-0.1, -0.05) is 0 Å². The van der Waals surface area contributed by atoms with Crippen LogP contribution in [0.4, 0.5) is 4.79 Å². The summed E-state index contributed by atoms with van der Waals surface area (Å²) in [6, 6.07) is 0. The van der Waals surface area contributed by atoms with Crippen LogP contribution in [0.2, 0.25) is 0 Å². The minimum Gasteiger partial charge on any atom is -0.444 e. The van der Waals surface area contributed by atoms with Gasteiger partial charge in [0.25, 0.3) is 0 Å². The van der Waals surface area contributed by atoms with Crippen molar-refractivity contribution in [2.24, 2.45) is 0 Å². The maximum atomic E-state index is 11.9. The first-order valence-corrected chi connectivity index (χ1v) is 6.33. The van der Waals surface area contributed by atoms with Gasteiger partial charge in [-0.15, -0.1) is 0 Å². The normalized spacial score (nSPS) is 12.1. The van der Waals surface area contributed by atoms with E-state index in [0.717, 1.165) is 0 Å². The van der Waals surface area contributed by atoms with Crippen molar-refractivity contribution in [2.45, 2.75) is 66.3 Å². The lowest BCUT2D eigenvalue weighted by molar-refractivity contribution is -0.0798. The molecule has 0 heterocycles. The molecule has 0 aromatic carbocycles. The Kier molecular flexibility index (Phi) is 7.25. The third kappa shape index (κ3) is 9.24. The van der Waals surface area contributed by atoms with Crippen LogP contribution in [0.5, 0.6) is 0 Å². The van der Waals surface area contributed by atoms with Crippen molar-refractivity contribution >= 4 is 6.09 Å². The molecule has 0 spiro atoms. The zero-order valence-corrected chi connectivity index (χ0v) is 12.6. The molecular formula is C13H27NO4. The van der Waals surface area contributed by atoms with Crippen LogP contribution < -0.4 is 0 Å². The Hall–Kier alpha value is -0.810. The summed E-state index contributed by atoms with van der Waals surface area (Å²) < 4.78 is 16.1. The maximum absolute atomic E-state index is 11.9. The van der Waals surface area contributed by atoms with Gasteiger partial charge in [0.15, 0.2) is 0 Å². The van der Waals surface area contributed by atoms with Gasteiger partial charge in [-0.3, -0.25) is 4.90 Å². The van der Waals surface area contributed by atoms with Gasteiger partial charge >= 0.3 is 6.09 Å². The third-order valence-corrected chi connectivity index (χ3v) is 1.78. The first-order chi connectivity index (χ1) is 8.11. The topological polar surface area (TPSA) is 48.0 Å². The molecule has 108 valence electrons. The summed E-state index contributed by atoms with van der Waals surface area (Å²) in [5, 5.41) is 0. The van der Waals surface area contributed by atoms with Gasteiger partial charge in [0.2, 0.25) is 0 Å². The molecular weight excluding hydrogens is 234 g/mol. The fraction of sp³-hybridized carbons (Fsp3) is 0.923. The van der Waals surface area contributed by atoms with Crippen molar-refractivity contribution in [2.75, 3.05) is 13.5 Å². The van der Waals surface area contributed by atoms with Gasteiger partial charge in [-0.05, 0) is 48.5 Å². The lowest BCUT2D eigenvalue weighted by Gasteiger charge is -2.28. The highest BCUT2D eigenvalue weighted by Crippen LogP contribution is 2.10. The number of hydrogen-bond donors (Lipinski definition) is 0. The van der Waals surface area contributed by atoms with Crippen LogP contribution in [-0.4, -0.2) is 42.3 Å². The quantitative estimate of drug-likeness (QED) is 0.690. The molecule has 0 bridgehead atoms. The molecule has 0 aliphatic heterocycles. The number of ether oxygens (including phenoxy) is 3. The monoisotopic (exact) mass is 261 g/mol. The Morgan fingerprint density at radius 3 is 1.67 bits per heavy atom. The summed E-state index contributed by atoms with van der Waals surface area (Å²) in [7, 11) is 0. The van der Waals surface area contributed by atoms with Crippen LogP contribution in [0.1, 0.15) is 48.5 Å². The Morgan fingerprint density at radius 2 is 1.39 bits per heavy atom. The lowest BCUT2D eigenvalue weighted by Crippen LogP contribution is -2.40. The molecule has 0 saturated heterocycles. The highest BCUT2D eigenvalue weighted by molar-refractivity contribution is 5.67. The van der Waals surface area contributed by atoms with Crippen molar-refractivity contribution in [3.8, 4) is 0 Å².